The number of carbonyl (C=O) groups excluding carboxylic acids is 1. The molecule has 1 aromatic rings. The monoisotopic (exact) mass is 453 g/mol. The number of nitrogens with zero attached hydrogens (tertiary/aromatic N) is 1. The fraction of sp³-hybridized carbons (Fsp3) is 0.333. The molecule has 0 aliphatic rings. The number of hydrogen-bond acceptors (Lipinski definition) is 3. The first-order valence-corrected chi connectivity index (χ1v) is 6.30. The highest BCUT2D eigenvalue weighted by molar-refractivity contribution is 14.1. The molecule has 16 heavy (non-hydrogen) atoms. The minimum atomic E-state index is -2.60. The standard InChI is InChI=1S/C9H7F2I2NO2/c1-16-5(15)2-4-3-14-8(9(10)11)7(13)6(4)12/h3,9H,2H2,1H3. The highest BCUT2D eigenvalue weighted by atomic mass is 127. The van der Waals surface area contributed by atoms with Gasteiger partial charge in [-0.05, 0) is 50.7 Å². The zero-order valence-electron chi connectivity index (χ0n) is 8.14. The molecule has 88 valence electrons. The maximum atomic E-state index is 12.5. The van der Waals surface area contributed by atoms with Crippen LogP contribution in [0.25, 0.3) is 0 Å². The molecule has 0 saturated heterocycles. The first kappa shape index (κ1) is 14.0. The molecular formula is C9H7F2I2NO2. The molecule has 0 atom stereocenters. The zero-order valence-corrected chi connectivity index (χ0v) is 12.5. The number of esters is 1. The molecule has 0 unspecified atom stereocenters. The van der Waals surface area contributed by atoms with E-state index in [-0.39, 0.29) is 12.1 Å². The first-order chi connectivity index (χ1) is 7.47. The molecule has 0 aliphatic heterocycles. The summed E-state index contributed by atoms with van der Waals surface area (Å²) >= 11 is 3.73. The maximum absolute atomic E-state index is 12.5. The number of ether oxygens (including phenoxy) is 1. The Balaban J connectivity index is 3.07. The van der Waals surface area contributed by atoms with Crippen molar-refractivity contribution in [2.45, 2.75) is 12.8 Å². The molecular weight excluding hydrogens is 446 g/mol. The van der Waals surface area contributed by atoms with Crippen LogP contribution >= 0.6 is 45.2 Å². The first-order valence-electron chi connectivity index (χ1n) is 4.15. The Hall–Kier alpha value is -0.0600. The number of methoxy groups -OCH3 is 1. The van der Waals surface area contributed by atoms with Gasteiger partial charge in [-0.1, -0.05) is 0 Å². The van der Waals surface area contributed by atoms with Gasteiger partial charge in [-0.25, -0.2) is 8.78 Å². The summed E-state index contributed by atoms with van der Waals surface area (Å²) < 4.78 is 30.5. The number of halogens is 4. The maximum Gasteiger partial charge on any atom is 0.310 e. The van der Waals surface area contributed by atoms with Gasteiger partial charge in [0, 0.05) is 9.77 Å². The van der Waals surface area contributed by atoms with Crippen molar-refractivity contribution in [2.75, 3.05) is 7.11 Å². The van der Waals surface area contributed by atoms with Crippen molar-refractivity contribution >= 4 is 51.2 Å². The Kier molecular flexibility index (Phi) is 5.28. The van der Waals surface area contributed by atoms with Crippen molar-refractivity contribution in [3.63, 3.8) is 0 Å². The number of pyridine rings is 1. The zero-order chi connectivity index (χ0) is 12.3. The average Bonchev–Trinajstić information content (AvgIpc) is 2.24. The number of carbonyl (C=O) groups is 1. The van der Waals surface area contributed by atoms with E-state index in [1.807, 2.05) is 22.6 Å². The van der Waals surface area contributed by atoms with E-state index < -0.39 is 12.4 Å². The third-order valence-corrected chi connectivity index (χ3v) is 5.18. The minimum Gasteiger partial charge on any atom is -0.469 e. The minimum absolute atomic E-state index is 0.0429. The fourth-order valence-electron chi connectivity index (χ4n) is 1.02. The van der Waals surface area contributed by atoms with Crippen LogP contribution in [0, 0.1) is 7.14 Å². The summed E-state index contributed by atoms with van der Waals surface area (Å²) in [5.41, 5.74) is 0.347. The van der Waals surface area contributed by atoms with Crippen molar-refractivity contribution in [3.05, 3.63) is 24.6 Å². The highest BCUT2D eigenvalue weighted by Crippen LogP contribution is 2.28. The van der Waals surface area contributed by atoms with Crippen LogP contribution in [0.5, 0.6) is 0 Å². The van der Waals surface area contributed by atoms with Gasteiger partial charge in [0.05, 0.1) is 17.1 Å². The molecule has 7 heteroatoms. The smallest absolute Gasteiger partial charge is 0.310 e. The summed E-state index contributed by atoms with van der Waals surface area (Å²) in [5, 5.41) is 0. The third-order valence-electron chi connectivity index (χ3n) is 1.83. The Labute approximate surface area is 118 Å². The van der Waals surface area contributed by atoms with E-state index in [0.29, 0.717) is 12.7 Å². The number of hydrogen-bond donors (Lipinski definition) is 0. The Morgan fingerprint density at radius 2 is 2.12 bits per heavy atom. The highest BCUT2D eigenvalue weighted by Gasteiger charge is 2.18. The second-order valence-corrected chi connectivity index (χ2v) is 5.01. The molecule has 0 spiro atoms. The Morgan fingerprint density at radius 3 is 2.62 bits per heavy atom. The van der Waals surface area contributed by atoms with Gasteiger partial charge >= 0.3 is 5.97 Å². The van der Waals surface area contributed by atoms with E-state index in [1.165, 1.54) is 13.3 Å². The van der Waals surface area contributed by atoms with Crippen LogP contribution in [0.3, 0.4) is 0 Å². The number of alkyl halides is 2. The molecule has 1 aromatic heterocycles. The molecule has 1 heterocycles. The molecule has 0 aliphatic carbocycles. The fourth-order valence-corrected chi connectivity index (χ4v) is 2.34. The lowest BCUT2D eigenvalue weighted by Gasteiger charge is -2.08. The van der Waals surface area contributed by atoms with E-state index in [4.69, 9.17) is 0 Å². The third kappa shape index (κ3) is 3.22. The average molecular weight is 453 g/mol. The predicted octanol–water partition coefficient (Wildman–Crippen LogP) is 2.94. The summed E-state index contributed by atoms with van der Waals surface area (Å²) in [4.78, 5) is 14.7. The van der Waals surface area contributed by atoms with Crippen LogP contribution in [-0.4, -0.2) is 18.1 Å². The SMILES string of the molecule is COC(=O)Cc1cnc(C(F)F)c(I)c1I. The van der Waals surface area contributed by atoms with E-state index in [2.05, 4.69) is 9.72 Å². The number of aromatic nitrogens is 1. The van der Waals surface area contributed by atoms with Crippen molar-refractivity contribution < 1.29 is 18.3 Å². The molecule has 0 N–H and O–H groups in total. The van der Waals surface area contributed by atoms with Crippen LogP contribution in [0.2, 0.25) is 0 Å². The van der Waals surface area contributed by atoms with E-state index >= 15 is 0 Å². The molecule has 0 aromatic carbocycles. The molecule has 0 bridgehead atoms. The number of rotatable bonds is 3. The molecule has 1 rings (SSSR count). The molecule has 0 fully saturated rings. The molecule has 0 saturated carbocycles. The molecule has 3 nitrogen and oxygen atoms in total. The van der Waals surface area contributed by atoms with Crippen LogP contribution in [0.4, 0.5) is 8.78 Å². The van der Waals surface area contributed by atoms with Crippen LogP contribution in [0.15, 0.2) is 6.20 Å². The van der Waals surface area contributed by atoms with Gasteiger partial charge in [0.15, 0.2) is 0 Å². The lowest BCUT2D eigenvalue weighted by atomic mass is 10.2. The van der Waals surface area contributed by atoms with Crippen molar-refractivity contribution in [1.82, 2.24) is 4.98 Å². The second kappa shape index (κ2) is 6.03. The predicted molar refractivity (Wildman–Crippen MR) is 70.3 cm³/mol. The van der Waals surface area contributed by atoms with Gasteiger partial charge < -0.3 is 4.74 Å². The van der Waals surface area contributed by atoms with Gasteiger partial charge in [-0.2, -0.15) is 0 Å². The summed E-state index contributed by atoms with van der Waals surface area (Å²) in [7, 11) is 1.28. The summed E-state index contributed by atoms with van der Waals surface area (Å²) in [6.07, 6.45) is -1.27. The van der Waals surface area contributed by atoms with Gasteiger partial charge in [-0.15, -0.1) is 0 Å². The van der Waals surface area contributed by atoms with Gasteiger partial charge in [0.1, 0.15) is 5.69 Å². The van der Waals surface area contributed by atoms with Gasteiger partial charge in [0.2, 0.25) is 0 Å². The quantitative estimate of drug-likeness (QED) is 0.523. The summed E-state index contributed by atoms with van der Waals surface area (Å²) in [5.74, 6) is -0.416. The summed E-state index contributed by atoms with van der Waals surface area (Å²) in [6.45, 7) is 0. The Bertz CT molecular complexity index is 413. The topological polar surface area (TPSA) is 39.2 Å². The largest absolute Gasteiger partial charge is 0.469 e. The van der Waals surface area contributed by atoms with Crippen molar-refractivity contribution in [3.8, 4) is 0 Å². The van der Waals surface area contributed by atoms with E-state index in [0.717, 1.165) is 0 Å². The van der Waals surface area contributed by atoms with Crippen LogP contribution in [0.1, 0.15) is 17.7 Å². The molecule has 0 radical (unpaired) electrons. The lowest BCUT2D eigenvalue weighted by Crippen LogP contribution is -2.09. The van der Waals surface area contributed by atoms with E-state index in [9.17, 15) is 13.6 Å². The lowest BCUT2D eigenvalue weighted by molar-refractivity contribution is -0.139. The van der Waals surface area contributed by atoms with Crippen LogP contribution < -0.4 is 0 Å². The normalized spacial score (nSPS) is 10.6. The Morgan fingerprint density at radius 1 is 1.50 bits per heavy atom. The van der Waals surface area contributed by atoms with Gasteiger partial charge in [0.25, 0.3) is 6.43 Å². The summed E-state index contributed by atoms with van der Waals surface area (Å²) in [6, 6.07) is 0. The van der Waals surface area contributed by atoms with E-state index in [1.54, 1.807) is 22.6 Å². The van der Waals surface area contributed by atoms with Gasteiger partial charge in [-0.3, -0.25) is 9.78 Å². The molecule has 0 amide bonds. The van der Waals surface area contributed by atoms with Crippen LogP contribution in [-0.2, 0) is 16.0 Å². The van der Waals surface area contributed by atoms with Crippen molar-refractivity contribution in [1.29, 1.82) is 0 Å². The second-order valence-electron chi connectivity index (χ2n) is 2.85. The van der Waals surface area contributed by atoms with Crippen molar-refractivity contribution in [2.24, 2.45) is 0 Å².